The lowest BCUT2D eigenvalue weighted by molar-refractivity contribution is 0.0967. The van der Waals surface area contributed by atoms with Crippen LogP contribution >= 0.6 is 22.9 Å². The number of piperidine rings is 1. The third kappa shape index (κ3) is 5.01. The highest BCUT2D eigenvalue weighted by Crippen LogP contribution is 2.30. The molecule has 1 aliphatic rings. The molecule has 28 heavy (non-hydrogen) atoms. The molecule has 3 aromatic rings. The van der Waals surface area contributed by atoms with E-state index < -0.39 is 0 Å². The van der Waals surface area contributed by atoms with Crippen molar-refractivity contribution in [3.8, 4) is 11.3 Å². The molecule has 1 fully saturated rings. The average molecular weight is 417 g/mol. The number of thiophene rings is 1. The maximum Gasteiger partial charge on any atom is 0.261 e. The van der Waals surface area contributed by atoms with Crippen molar-refractivity contribution in [3.05, 3.63) is 63.4 Å². The Labute approximate surface area is 174 Å². The normalized spacial score (nSPS) is 14.2. The van der Waals surface area contributed by atoms with Gasteiger partial charge in [-0.3, -0.25) is 9.48 Å². The van der Waals surface area contributed by atoms with E-state index >= 15 is 0 Å². The molecule has 2 aromatic heterocycles. The van der Waals surface area contributed by atoms with Crippen LogP contribution in [0.2, 0.25) is 5.02 Å². The standard InChI is InChI=1S/C11H15N.C10H10ClN3OS/c1-2-4-10(5-3-1)11-6-8-12-9-7-11;1-12-10(15)8-3-6(5-16-8)9-7(11)4-13-14(9)2/h1-5,11-12H,6-9H2;3-5H,1-2H3,(H,12,15). The molecular weight excluding hydrogens is 392 g/mol. The fourth-order valence-corrected chi connectivity index (χ4v) is 4.43. The molecule has 148 valence electrons. The van der Waals surface area contributed by atoms with Crippen molar-refractivity contribution >= 4 is 28.8 Å². The minimum Gasteiger partial charge on any atom is -0.354 e. The quantitative estimate of drug-likeness (QED) is 0.668. The third-order valence-electron chi connectivity index (χ3n) is 4.83. The first-order valence-corrected chi connectivity index (χ1v) is 10.6. The number of halogens is 1. The van der Waals surface area contributed by atoms with Gasteiger partial charge in [-0.1, -0.05) is 41.9 Å². The molecule has 1 aliphatic heterocycles. The lowest BCUT2D eigenvalue weighted by Crippen LogP contribution is -2.26. The van der Waals surface area contributed by atoms with Gasteiger partial charge in [-0.2, -0.15) is 5.10 Å². The van der Waals surface area contributed by atoms with Crippen LogP contribution in [0.15, 0.2) is 48.0 Å². The number of hydrogen-bond donors (Lipinski definition) is 2. The van der Waals surface area contributed by atoms with Gasteiger partial charge in [0.25, 0.3) is 5.91 Å². The predicted molar refractivity (Wildman–Crippen MR) is 116 cm³/mol. The first-order valence-electron chi connectivity index (χ1n) is 9.34. The average Bonchev–Trinajstić information content (AvgIpc) is 3.35. The molecule has 0 radical (unpaired) electrons. The predicted octanol–water partition coefficient (Wildman–Crippen LogP) is 4.32. The Kier molecular flexibility index (Phi) is 7.25. The molecule has 7 heteroatoms. The molecule has 3 heterocycles. The zero-order chi connectivity index (χ0) is 19.9. The van der Waals surface area contributed by atoms with Crippen LogP contribution in [0.1, 0.15) is 34.0 Å². The molecule has 4 rings (SSSR count). The number of rotatable bonds is 3. The lowest BCUT2D eigenvalue weighted by atomic mass is 9.90. The van der Waals surface area contributed by atoms with Gasteiger partial charge >= 0.3 is 0 Å². The molecule has 0 atom stereocenters. The van der Waals surface area contributed by atoms with E-state index in [1.54, 1.807) is 17.9 Å². The summed E-state index contributed by atoms with van der Waals surface area (Å²) in [6.45, 7) is 2.36. The molecule has 0 unspecified atom stereocenters. The van der Waals surface area contributed by atoms with E-state index in [9.17, 15) is 4.79 Å². The van der Waals surface area contributed by atoms with Gasteiger partial charge in [-0.15, -0.1) is 11.3 Å². The van der Waals surface area contributed by atoms with E-state index in [0.29, 0.717) is 9.90 Å². The Balaban J connectivity index is 0.000000167. The summed E-state index contributed by atoms with van der Waals surface area (Å²) in [4.78, 5) is 12.1. The Morgan fingerprint density at radius 1 is 1.29 bits per heavy atom. The molecule has 0 spiro atoms. The molecule has 1 saturated heterocycles. The van der Waals surface area contributed by atoms with Crippen LogP contribution in [0, 0.1) is 0 Å². The van der Waals surface area contributed by atoms with Crippen LogP contribution in [0.4, 0.5) is 0 Å². The van der Waals surface area contributed by atoms with Gasteiger partial charge in [0, 0.05) is 25.0 Å². The summed E-state index contributed by atoms with van der Waals surface area (Å²) in [5, 5.41) is 12.5. The van der Waals surface area contributed by atoms with Gasteiger partial charge in [0.05, 0.1) is 21.8 Å². The lowest BCUT2D eigenvalue weighted by Gasteiger charge is -2.22. The van der Waals surface area contributed by atoms with Crippen LogP contribution in [-0.2, 0) is 7.05 Å². The van der Waals surface area contributed by atoms with Gasteiger partial charge < -0.3 is 10.6 Å². The second kappa shape index (κ2) is 9.87. The van der Waals surface area contributed by atoms with Gasteiger partial charge in [-0.05, 0) is 43.5 Å². The van der Waals surface area contributed by atoms with Gasteiger partial charge in [0.1, 0.15) is 0 Å². The second-order valence-electron chi connectivity index (χ2n) is 6.68. The second-order valence-corrected chi connectivity index (χ2v) is 8.00. The van der Waals surface area contributed by atoms with Crippen LogP contribution in [0.3, 0.4) is 0 Å². The van der Waals surface area contributed by atoms with Crippen LogP contribution in [0.5, 0.6) is 0 Å². The van der Waals surface area contributed by atoms with Crippen molar-refractivity contribution in [3.63, 3.8) is 0 Å². The Hall–Kier alpha value is -2.15. The molecular formula is C21H25ClN4OS. The molecule has 0 saturated carbocycles. The largest absolute Gasteiger partial charge is 0.354 e. The van der Waals surface area contributed by atoms with Gasteiger partial charge in [0.15, 0.2) is 0 Å². The summed E-state index contributed by atoms with van der Waals surface area (Å²) in [7, 11) is 3.43. The van der Waals surface area contributed by atoms with Gasteiger partial charge in [0.2, 0.25) is 0 Å². The minimum atomic E-state index is -0.0884. The maximum atomic E-state index is 11.4. The Bertz CT molecular complexity index is 881. The first-order chi connectivity index (χ1) is 13.6. The van der Waals surface area contributed by atoms with E-state index in [2.05, 4.69) is 46.1 Å². The molecule has 0 bridgehead atoms. The summed E-state index contributed by atoms with van der Waals surface area (Å²) in [6.07, 6.45) is 4.18. The van der Waals surface area contributed by atoms with Crippen LogP contribution in [-0.4, -0.2) is 35.8 Å². The fraction of sp³-hybridized carbons (Fsp3) is 0.333. The minimum absolute atomic E-state index is 0.0884. The summed E-state index contributed by atoms with van der Waals surface area (Å²) < 4.78 is 1.69. The van der Waals surface area contributed by atoms with E-state index in [0.717, 1.165) is 17.2 Å². The van der Waals surface area contributed by atoms with Crippen LogP contribution in [0.25, 0.3) is 11.3 Å². The number of aryl methyl sites for hydroxylation is 1. The fourth-order valence-electron chi connectivity index (χ4n) is 3.32. The number of benzene rings is 1. The van der Waals surface area contributed by atoms with E-state index in [-0.39, 0.29) is 5.91 Å². The molecule has 1 amide bonds. The Morgan fingerprint density at radius 2 is 2.00 bits per heavy atom. The molecule has 1 aromatic carbocycles. The van der Waals surface area contributed by atoms with E-state index in [1.165, 1.54) is 42.8 Å². The summed E-state index contributed by atoms with van der Waals surface area (Å²) in [5.74, 6) is 0.710. The topological polar surface area (TPSA) is 59.0 Å². The summed E-state index contributed by atoms with van der Waals surface area (Å²) in [5.41, 5.74) is 3.25. The number of carbonyl (C=O) groups is 1. The molecule has 0 aliphatic carbocycles. The van der Waals surface area contributed by atoms with Crippen LogP contribution < -0.4 is 10.6 Å². The van der Waals surface area contributed by atoms with Crippen molar-refractivity contribution in [1.29, 1.82) is 0 Å². The molecule has 2 N–H and O–H groups in total. The van der Waals surface area contributed by atoms with Crippen molar-refractivity contribution < 1.29 is 4.79 Å². The number of aromatic nitrogens is 2. The van der Waals surface area contributed by atoms with Gasteiger partial charge in [-0.25, -0.2) is 0 Å². The highest BCUT2D eigenvalue weighted by molar-refractivity contribution is 7.12. The molecule has 5 nitrogen and oxygen atoms in total. The van der Waals surface area contributed by atoms with E-state index in [4.69, 9.17) is 11.6 Å². The smallest absolute Gasteiger partial charge is 0.261 e. The highest BCUT2D eigenvalue weighted by atomic mass is 35.5. The van der Waals surface area contributed by atoms with E-state index in [1.807, 2.05) is 18.5 Å². The first kappa shape index (κ1) is 20.6. The third-order valence-corrected chi connectivity index (χ3v) is 6.03. The zero-order valence-corrected chi connectivity index (χ0v) is 17.7. The SMILES string of the molecule is CNC(=O)c1cc(-c2c(Cl)cnn2C)cs1.c1ccc(C2CCNCC2)cc1. The Morgan fingerprint density at radius 3 is 2.61 bits per heavy atom. The monoisotopic (exact) mass is 416 g/mol. The van der Waals surface area contributed by atoms with Crippen molar-refractivity contribution in [2.24, 2.45) is 7.05 Å². The number of carbonyl (C=O) groups excluding carboxylic acids is 1. The number of amides is 1. The summed E-state index contributed by atoms with van der Waals surface area (Å²) >= 11 is 7.41. The number of nitrogens with one attached hydrogen (secondary N) is 2. The van der Waals surface area contributed by atoms with Crippen molar-refractivity contribution in [1.82, 2.24) is 20.4 Å². The summed E-state index contributed by atoms with van der Waals surface area (Å²) in [6, 6.07) is 12.7. The zero-order valence-electron chi connectivity index (χ0n) is 16.1. The van der Waals surface area contributed by atoms with Crippen molar-refractivity contribution in [2.75, 3.05) is 20.1 Å². The number of nitrogens with zero attached hydrogens (tertiary/aromatic N) is 2. The number of hydrogen-bond acceptors (Lipinski definition) is 4. The van der Waals surface area contributed by atoms with Crippen molar-refractivity contribution in [2.45, 2.75) is 18.8 Å². The maximum absolute atomic E-state index is 11.4. The highest BCUT2D eigenvalue weighted by Gasteiger charge is 2.14.